The number of methoxy groups -OCH3 is 2. The quantitative estimate of drug-likeness (QED) is 0.690. The lowest BCUT2D eigenvalue weighted by Crippen LogP contribution is -2.39. The molecule has 0 spiro atoms. The van der Waals surface area contributed by atoms with E-state index >= 15 is 0 Å². The number of amidine groups is 1. The zero-order valence-corrected chi connectivity index (χ0v) is 18.4. The molecule has 0 unspecified atom stereocenters. The van der Waals surface area contributed by atoms with Crippen LogP contribution in [0, 0.1) is 0 Å². The summed E-state index contributed by atoms with van der Waals surface area (Å²) in [5, 5.41) is 1.46. The molecule has 6 nitrogen and oxygen atoms in total. The first kappa shape index (κ1) is 20.4. The van der Waals surface area contributed by atoms with Crippen molar-refractivity contribution in [3.63, 3.8) is 0 Å². The van der Waals surface area contributed by atoms with Gasteiger partial charge in [-0.15, -0.1) is 0 Å². The summed E-state index contributed by atoms with van der Waals surface area (Å²) in [7, 11) is 0.0706. The van der Waals surface area contributed by atoms with Crippen LogP contribution in [0.2, 0.25) is 5.02 Å². The SMILES string of the molecule is COc1ccc(OC)c(N2C(SCc3cccc(Cl)c3)=N[C@H]3CS(=O)(=O)C[C@@H]32)c1. The Morgan fingerprint density at radius 2 is 2.00 bits per heavy atom. The molecule has 2 aromatic carbocycles. The second kappa shape index (κ2) is 8.08. The normalized spacial score (nSPS) is 22.3. The Morgan fingerprint density at radius 3 is 2.72 bits per heavy atom. The fourth-order valence-electron chi connectivity index (χ4n) is 3.67. The molecule has 0 aliphatic carbocycles. The summed E-state index contributed by atoms with van der Waals surface area (Å²) in [6.45, 7) is 0. The highest BCUT2D eigenvalue weighted by Gasteiger charge is 2.47. The van der Waals surface area contributed by atoms with Gasteiger partial charge in [0.15, 0.2) is 15.0 Å². The number of halogens is 1. The number of rotatable bonds is 5. The van der Waals surface area contributed by atoms with Crippen molar-refractivity contribution in [3.05, 3.63) is 53.1 Å². The van der Waals surface area contributed by atoms with Crippen LogP contribution in [-0.2, 0) is 15.6 Å². The molecule has 2 aromatic rings. The second-order valence-electron chi connectivity index (χ2n) is 6.95. The summed E-state index contributed by atoms with van der Waals surface area (Å²) < 4.78 is 35.4. The summed E-state index contributed by atoms with van der Waals surface area (Å²) in [5.41, 5.74) is 1.83. The molecule has 0 saturated carbocycles. The Hall–Kier alpha value is -1.90. The Kier molecular flexibility index (Phi) is 5.68. The minimum absolute atomic E-state index is 0.0711. The molecule has 0 bridgehead atoms. The summed E-state index contributed by atoms with van der Waals surface area (Å²) in [4.78, 5) is 6.76. The van der Waals surface area contributed by atoms with Gasteiger partial charge in [0.1, 0.15) is 11.5 Å². The topological polar surface area (TPSA) is 68.2 Å². The summed E-state index contributed by atoms with van der Waals surface area (Å²) in [6, 6.07) is 12.7. The molecule has 1 fully saturated rings. The number of thioether (sulfide) groups is 1. The van der Waals surface area contributed by atoms with Gasteiger partial charge in [0.25, 0.3) is 0 Å². The number of ether oxygens (including phenoxy) is 2. The third-order valence-electron chi connectivity index (χ3n) is 5.01. The molecule has 0 aromatic heterocycles. The number of fused-ring (bicyclic) bond motifs is 1. The van der Waals surface area contributed by atoms with Crippen LogP contribution in [0.4, 0.5) is 5.69 Å². The summed E-state index contributed by atoms with van der Waals surface area (Å²) in [5.74, 6) is 2.13. The predicted molar refractivity (Wildman–Crippen MR) is 118 cm³/mol. The van der Waals surface area contributed by atoms with Gasteiger partial charge in [0.2, 0.25) is 0 Å². The minimum atomic E-state index is -3.13. The standard InChI is InChI=1S/C20H21ClN2O4S2/c1-26-15-6-7-19(27-2)17(9-15)23-18-12-29(24,25)11-16(18)22-20(23)28-10-13-4-3-5-14(21)8-13/h3-9,16,18H,10-12H2,1-2H3/t16-,18-/m0/s1. The number of aliphatic imine (C=N–C) groups is 1. The highest BCUT2D eigenvalue weighted by Crippen LogP contribution is 2.41. The zero-order valence-electron chi connectivity index (χ0n) is 16.0. The van der Waals surface area contributed by atoms with E-state index in [-0.39, 0.29) is 23.6 Å². The number of benzene rings is 2. The highest BCUT2D eigenvalue weighted by molar-refractivity contribution is 8.13. The Bertz CT molecular complexity index is 1060. The van der Waals surface area contributed by atoms with Gasteiger partial charge in [-0.05, 0) is 29.8 Å². The van der Waals surface area contributed by atoms with Gasteiger partial charge >= 0.3 is 0 Å². The molecule has 4 rings (SSSR count). The Morgan fingerprint density at radius 1 is 1.17 bits per heavy atom. The molecule has 0 radical (unpaired) electrons. The molecule has 29 heavy (non-hydrogen) atoms. The van der Waals surface area contributed by atoms with Crippen molar-refractivity contribution in [2.75, 3.05) is 30.6 Å². The van der Waals surface area contributed by atoms with Crippen molar-refractivity contribution in [2.45, 2.75) is 17.8 Å². The van der Waals surface area contributed by atoms with Crippen molar-refractivity contribution in [3.8, 4) is 11.5 Å². The molecule has 2 atom stereocenters. The highest BCUT2D eigenvalue weighted by atomic mass is 35.5. The molecule has 1 saturated heterocycles. The minimum Gasteiger partial charge on any atom is -0.497 e. The number of hydrogen-bond acceptors (Lipinski definition) is 7. The fraction of sp³-hybridized carbons (Fsp3) is 0.350. The van der Waals surface area contributed by atoms with Gasteiger partial charge in [0, 0.05) is 16.8 Å². The average molecular weight is 453 g/mol. The van der Waals surface area contributed by atoms with E-state index in [0.717, 1.165) is 16.4 Å². The van der Waals surface area contributed by atoms with E-state index in [1.54, 1.807) is 26.0 Å². The lowest BCUT2D eigenvalue weighted by atomic mass is 10.1. The molecule has 9 heteroatoms. The van der Waals surface area contributed by atoms with Gasteiger partial charge in [-0.3, -0.25) is 4.99 Å². The molecule has 0 N–H and O–H groups in total. The molecular weight excluding hydrogens is 432 g/mol. The first-order valence-corrected chi connectivity index (χ1v) is 12.3. The fourth-order valence-corrected chi connectivity index (χ4v) is 6.79. The average Bonchev–Trinajstić information content (AvgIpc) is 3.16. The van der Waals surface area contributed by atoms with Crippen molar-refractivity contribution in [1.82, 2.24) is 0 Å². The second-order valence-corrected chi connectivity index (χ2v) is 10.5. The number of nitrogens with zero attached hydrogens (tertiary/aromatic N) is 2. The van der Waals surface area contributed by atoms with Crippen molar-refractivity contribution in [1.29, 1.82) is 0 Å². The maximum Gasteiger partial charge on any atom is 0.164 e. The van der Waals surface area contributed by atoms with Crippen LogP contribution in [0.1, 0.15) is 5.56 Å². The van der Waals surface area contributed by atoms with Crippen LogP contribution in [0.3, 0.4) is 0 Å². The van der Waals surface area contributed by atoms with Crippen molar-refractivity contribution >= 4 is 44.1 Å². The number of hydrogen-bond donors (Lipinski definition) is 0. The van der Waals surface area contributed by atoms with E-state index in [9.17, 15) is 8.42 Å². The van der Waals surface area contributed by atoms with Crippen LogP contribution in [0.5, 0.6) is 11.5 Å². The van der Waals surface area contributed by atoms with Crippen LogP contribution in [0.15, 0.2) is 47.5 Å². The maximum atomic E-state index is 12.2. The number of anilines is 1. The van der Waals surface area contributed by atoms with Gasteiger partial charge in [-0.2, -0.15) is 0 Å². The Balaban J connectivity index is 1.69. The van der Waals surface area contributed by atoms with E-state index in [1.807, 2.05) is 47.4 Å². The first-order valence-electron chi connectivity index (χ1n) is 9.07. The van der Waals surface area contributed by atoms with E-state index in [4.69, 9.17) is 26.1 Å². The van der Waals surface area contributed by atoms with E-state index < -0.39 is 9.84 Å². The third kappa shape index (κ3) is 4.20. The monoisotopic (exact) mass is 452 g/mol. The first-order chi connectivity index (χ1) is 13.9. The van der Waals surface area contributed by atoms with Gasteiger partial charge in [0.05, 0.1) is 43.5 Å². The zero-order chi connectivity index (χ0) is 20.6. The smallest absolute Gasteiger partial charge is 0.164 e. The largest absolute Gasteiger partial charge is 0.497 e. The van der Waals surface area contributed by atoms with Crippen LogP contribution in [-0.4, -0.2) is 51.4 Å². The molecule has 0 amide bonds. The molecular formula is C20H21ClN2O4S2. The van der Waals surface area contributed by atoms with Crippen molar-refractivity contribution < 1.29 is 17.9 Å². The van der Waals surface area contributed by atoms with Gasteiger partial charge in [-0.1, -0.05) is 35.5 Å². The lowest BCUT2D eigenvalue weighted by molar-refractivity contribution is 0.403. The molecule has 2 heterocycles. The summed E-state index contributed by atoms with van der Waals surface area (Å²) >= 11 is 7.66. The Labute approximate surface area is 179 Å². The van der Waals surface area contributed by atoms with Crippen LogP contribution >= 0.6 is 23.4 Å². The van der Waals surface area contributed by atoms with Gasteiger partial charge in [-0.25, -0.2) is 8.42 Å². The maximum absolute atomic E-state index is 12.2. The van der Waals surface area contributed by atoms with E-state index in [0.29, 0.717) is 22.3 Å². The van der Waals surface area contributed by atoms with Crippen molar-refractivity contribution in [2.24, 2.45) is 4.99 Å². The third-order valence-corrected chi connectivity index (χ3v) is 7.98. The van der Waals surface area contributed by atoms with Gasteiger partial charge < -0.3 is 14.4 Å². The molecule has 2 aliphatic rings. The molecule has 154 valence electrons. The molecule has 2 aliphatic heterocycles. The van der Waals surface area contributed by atoms with E-state index in [1.165, 1.54) is 0 Å². The number of sulfone groups is 1. The lowest BCUT2D eigenvalue weighted by Gasteiger charge is -2.28. The summed E-state index contributed by atoms with van der Waals surface area (Å²) in [6.07, 6.45) is 0. The van der Waals surface area contributed by atoms with E-state index in [2.05, 4.69) is 0 Å². The van der Waals surface area contributed by atoms with Crippen LogP contribution < -0.4 is 14.4 Å². The predicted octanol–water partition coefficient (Wildman–Crippen LogP) is 3.63. The van der Waals surface area contributed by atoms with Crippen LogP contribution in [0.25, 0.3) is 0 Å².